The summed E-state index contributed by atoms with van der Waals surface area (Å²) >= 11 is 0.957. The van der Waals surface area contributed by atoms with Crippen LogP contribution in [-0.2, 0) is 10.1 Å². The molecule has 0 aliphatic heterocycles. The fraction of sp³-hybridized carbons (Fsp3) is 0.667. The molecule has 0 N–H and O–H groups in total. The zero-order chi connectivity index (χ0) is 10.6. The van der Waals surface area contributed by atoms with Crippen molar-refractivity contribution in [2.24, 2.45) is 0 Å². The van der Waals surface area contributed by atoms with Crippen LogP contribution in [0, 0.1) is 0 Å². The maximum Gasteiger partial charge on any atom is 0.347 e. The summed E-state index contributed by atoms with van der Waals surface area (Å²) in [6.45, 7) is 2.47. The van der Waals surface area contributed by atoms with Crippen molar-refractivity contribution in [1.82, 2.24) is 9.36 Å². The highest BCUT2D eigenvalue weighted by atomic mass is 32.2. The third-order valence-electron chi connectivity index (χ3n) is 1.04. The molecule has 0 spiro atoms. The summed E-state index contributed by atoms with van der Waals surface area (Å²) in [5.74, 6) is 0. The van der Waals surface area contributed by atoms with Crippen LogP contribution in [0.2, 0.25) is 0 Å². The third kappa shape index (κ3) is 3.88. The normalized spacial score (nSPS) is 11.3. The molecule has 0 aliphatic rings. The lowest BCUT2D eigenvalue weighted by molar-refractivity contribution is 0.313. The van der Waals surface area contributed by atoms with Crippen molar-refractivity contribution in [2.45, 2.75) is 13.3 Å². The first kappa shape index (κ1) is 11.2. The number of ether oxygens (including phenoxy) is 1. The van der Waals surface area contributed by atoms with Crippen molar-refractivity contribution < 1.29 is 17.3 Å². The van der Waals surface area contributed by atoms with E-state index in [1.807, 2.05) is 6.92 Å². The van der Waals surface area contributed by atoms with Crippen LogP contribution < -0.4 is 8.92 Å². The summed E-state index contributed by atoms with van der Waals surface area (Å²) in [6, 6.07) is -0.191. The number of hydrogen-bond acceptors (Lipinski definition) is 7. The quantitative estimate of drug-likeness (QED) is 0.701. The first-order valence-corrected chi connectivity index (χ1v) is 6.46. The molecule has 1 aromatic rings. The topological polar surface area (TPSA) is 78.4 Å². The number of rotatable bonds is 5. The van der Waals surface area contributed by atoms with Crippen LogP contribution in [0.15, 0.2) is 0 Å². The summed E-state index contributed by atoms with van der Waals surface area (Å²) in [4.78, 5) is 3.72. The molecule has 0 radical (unpaired) electrons. The van der Waals surface area contributed by atoms with Gasteiger partial charge in [0.2, 0.25) is 0 Å². The average molecular weight is 238 g/mol. The molecule has 0 bridgehead atoms. The number of nitrogens with zero attached hydrogens (tertiary/aromatic N) is 2. The van der Waals surface area contributed by atoms with Crippen molar-refractivity contribution in [3.05, 3.63) is 0 Å². The molecule has 8 heteroatoms. The second kappa shape index (κ2) is 4.56. The molecule has 0 saturated heterocycles. The van der Waals surface area contributed by atoms with Crippen LogP contribution in [-0.4, -0.2) is 30.6 Å². The van der Waals surface area contributed by atoms with Crippen LogP contribution in [0.25, 0.3) is 0 Å². The molecule has 0 amide bonds. The SMILES string of the molecule is CCCOc1nc(OS(C)(=O)=O)ns1. The Morgan fingerprint density at radius 2 is 2.21 bits per heavy atom. The first-order chi connectivity index (χ1) is 6.51. The van der Waals surface area contributed by atoms with Gasteiger partial charge in [-0.15, -0.1) is 9.36 Å². The fourth-order valence-corrected chi connectivity index (χ4v) is 1.50. The Morgan fingerprint density at radius 1 is 1.50 bits per heavy atom. The zero-order valence-corrected chi connectivity index (χ0v) is 9.39. The van der Waals surface area contributed by atoms with E-state index in [0.717, 1.165) is 24.2 Å². The Hall–Kier alpha value is -0.890. The fourth-order valence-electron chi connectivity index (χ4n) is 0.614. The molecule has 0 atom stereocenters. The van der Waals surface area contributed by atoms with E-state index in [2.05, 4.69) is 13.5 Å². The number of aromatic nitrogens is 2. The van der Waals surface area contributed by atoms with Crippen LogP contribution in [0.4, 0.5) is 0 Å². The molecule has 1 heterocycles. The number of hydrogen-bond donors (Lipinski definition) is 0. The van der Waals surface area contributed by atoms with Gasteiger partial charge in [-0.25, -0.2) is 0 Å². The van der Waals surface area contributed by atoms with E-state index in [4.69, 9.17) is 4.74 Å². The van der Waals surface area contributed by atoms with Crippen molar-refractivity contribution in [3.8, 4) is 11.2 Å². The van der Waals surface area contributed by atoms with Gasteiger partial charge < -0.3 is 8.92 Å². The van der Waals surface area contributed by atoms with Crippen LogP contribution in [0.3, 0.4) is 0 Å². The molecule has 1 aromatic heterocycles. The van der Waals surface area contributed by atoms with E-state index < -0.39 is 10.1 Å². The van der Waals surface area contributed by atoms with Gasteiger partial charge in [-0.3, -0.25) is 0 Å². The maximum atomic E-state index is 10.7. The highest BCUT2D eigenvalue weighted by Gasteiger charge is 2.11. The highest BCUT2D eigenvalue weighted by molar-refractivity contribution is 7.86. The van der Waals surface area contributed by atoms with Gasteiger partial charge in [0.05, 0.1) is 12.9 Å². The average Bonchev–Trinajstić information content (AvgIpc) is 2.46. The van der Waals surface area contributed by atoms with E-state index in [-0.39, 0.29) is 6.01 Å². The molecule has 80 valence electrons. The van der Waals surface area contributed by atoms with E-state index in [0.29, 0.717) is 11.8 Å². The molecule has 0 saturated carbocycles. The predicted octanol–water partition coefficient (Wildman–Crippen LogP) is 0.665. The van der Waals surface area contributed by atoms with Gasteiger partial charge in [0.15, 0.2) is 0 Å². The third-order valence-corrected chi connectivity index (χ3v) is 2.11. The summed E-state index contributed by atoms with van der Waals surface area (Å²) in [5, 5.41) is 0.311. The lowest BCUT2D eigenvalue weighted by Gasteiger charge is -1.96. The van der Waals surface area contributed by atoms with Crippen LogP contribution in [0.5, 0.6) is 11.2 Å². The second-order valence-corrected chi connectivity index (χ2v) is 4.77. The van der Waals surface area contributed by atoms with E-state index in [1.54, 1.807) is 0 Å². The Kier molecular flexibility index (Phi) is 3.64. The summed E-state index contributed by atoms with van der Waals surface area (Å²) in [7, 11) is -3.56. The molecule has 0 aliphatic carbocycles. The molecular weight excluding hydrogens is 228 g/mol. The van der Waals surface area contributed by atoms with E-state index in [9.17, 15) is 8.42 Å². The predicted molar refractivity (Wildman–Crippen MR) is 51.2 cm³/mol. The Morgan fingerprint density at radius 3 is 2.79 bits per heavy atom. The minimum absolute atomic E-state index is 0.191. The molecule has 1 rings (SSSR count). The lowest BCUT2D eigenvalue weighted by atomic mass is 10.5. The summed E-state index contributed by atoms with van der Waals surface area (Å²) in [5.41, 5.74) is 0. The van der Waals surface area contributed by atoms with Gasteiger partial charge in [0.25, 0.3) is 5.19 Å². The van der Waals surface area contributed by atoms with E-state index in [1.165, 1.54) is 0 Å². The van der Waals surface area contributed by atoms with Crippen LogP contribution in [0.1, 0.15) is 13.3 Å². The zero-order valence-electron chi connectivity index (χ0n) is 7.76. The van der Waals surface area contributed by atoms with Crippen molar-refractivity contribution in [2.75, 3.05) is 12.9 Å². The van der Waals surface area contributed by atoms with E-state index >= 15 is 0 Å². The highest BCUT2D eigenvalue weighted by Crippen LogP contribution is 2.19. The van der Waals surface area contributed by atoms with Crippen molar-refractivity contribution >= 4 is 21.7 Å². The standard InChI is InChI=1S/C6H10N2O4S2/c1-3-4-11-6-7-5(8-13-6)12-14(2,9)10/h3-4H2,1-2H3. The van der Waals surface area contributed by atoms with Gasteiger partial charge in [-0.05, 0) is 6.42 Å². The minimum atomic E-state index is -3.56. The molecular formula is C6H10N2O4S2. The molecule has 0 fully saturated rings. The Labute approximate surface area is 86.2 Å². The monoisotopic (exact) mass is 238 g/mol. The summed E-state index contributed by atoms with van der Waals surface area (Å²) in [6.07, 6.45) is 1.78. The van der Waals surface area contributed by atoms with Crippen molar-refractivity contribution in [1.29, 1.82) is 0 Å². The smallest absolute Gasteiger partial charge is 0.347 e. The summed E-state index contributed by atoms with van der Waals surface area (Å²) < 4.78 is 34.6. The van der Waals surface area contributed by atoms with Crippen LogP contribution >= 0.6 is 11.5 Å². The molecule has 0 unspecified atom stereocenters. The molecule has 14 heavy (non-hydrogen) atoms. The largest absolute Gasteiger partial charge is 0.469 e. The van der Waals surface area contributed by atoms with Gasteiger partial charge in [0, 0.05) is 11.5 Å². The Balaban J connectivity index is 2.59. The van der Waals surface area contributed by atoms with Gasteiger partial charge in [-0.1, -0.05) is 6.92 Å². The van der Waals surface area contributed by atoms with Crippen molar-refractivity contribution in [3.63, 3.8) is 0 Å². The molecule has 6 nitrogen and oxygen atoms in total. The van der Waals surface area contributed by atoms with Gasteiger partial charge in [0.1, 0.15) is 0 Å². The minimum Gasteiger partial charge on any atom is -0.469 e. The first-order valence-electron chi connectivity index (χ1n) is 3.87. The Bertz CT molecular complexity index is 386. The van der Waals surface area contributed by atoms with Gasteiger partial charge >= 0.3 is 16.1 Å². The molecule has 0 aromatic carbocycles. The van der Waals surface area contributed by atoms with Gasteiger partial charge in [-0.2, -0.15) is 8.42 Å². The lowest BCUT2D eigenvalue weighted by Crippen LogP contribution is -2.06. The second-order valence-electron chi connectivity index (χ2n) is 2.48. The maximum absolute atomic E-state index is 10.7.